The first-order valence-electron chi connectivity index (χ1n) is 5.91. The van der Waals surface area contributed by atoms with E-state index in [2.05, 4.69) is 10.3 Å². The number of carbonyl (C=O) groups is 1. The molecule has 0 radical (unpaired) electrons. The number of nitrogens with zero attached hydrogens (tertiary/aromatic N) is 1. The Bertz CT molecular complexity index is 600. The molecule has 1 atom stereocenters. The Morgan fingerprint density at radius 2 is 2.30 bits per heavy atom. The average molecular weight is 293 g/mol. The summed E-state index contributed by atoms with van der Waals surface area (Å²) in [6, 6.07) is 6.56. The normalized spacial score (nSPS) is 11.9. The standard InChI is InChI=1S/C13H15N3O3S/c1-19-10-5-3-2-4-8(10)6-15-13-16-9(7-20-13)11(14)12(17)18/h2-5,7,11H,6,14H2,1H3,(H,15,16)(H,17,18). The van der Waals surface area contributed by atoms with Crippen molar-refractivity contribution in [3.63, 3.8) is 0 Å². The van der Waals surface area contributed by atoms with Gasteiger partial charge in [0.25, 0.3) is 0 Å². The minimum atomic E-state index is -1.09. The van der Waals surface area contributed by atoms with Gasteiger partial charge in [-0.2, -0.15) is 0 Å². The van der Waals surface area contributed by atoms with Crippen LogP contribution in [0.3, 0.4) is 0 Å². The summed E-state index contributed by atoms with van der Waals surface area (Å²) >= 11 is 1.32. The third-order valence-electron chi connectivity index (χ3n) is 2.73. The van der Waals surface area contributed by atoms with E-state index < -0.39 is 12.0 Å². The highest BCUT2D eigenvalue weighted by atomic mass is 32.1. The van der Waals surface area contributed by atoms with Gasteiger partial charge >= 0.3 is 5.97 Å². The Morgan fingerprint density at radius 1 is 1.55 bits per heavy atom. The zero-order valence-electron chi connectivity index (χ0n) is 10.9. The van der Waals surface area contributed by atoms with Crippen molar-refractivity contribution < 1.29 is 14.6 Å². The molecule has 0 aliphatic rings. The largest absolute Gasteiger partial charge is 0.496 e. The summed E-state index contributed by atoms with van der Waals surface area (Å²) in [5.74, 6) is -0.300. The van der Waals surface area contributed by atoms with Gasteiger partial charge in [-0.15, -0.1) is 11.3 Å². The fourth-order valence-corrected chi connectivity index (χ4v) is 2.40. The Labute approximate surface area is 120 Å². The molecule has 7 heteroatoms. The van der Waals surface area contributed by atoms with Crippen molar-refractivity contribution in [3.8, 4) is 5.75 Å². The van der Waals surface area contributed by atoms with Crippen molar-refractivity contribution in [1.29, 1.82) is 0 Å². The Balaban J connectivity index is 2.03. The van der Waals surface area contributed by atoms with Crippen LogP contribution in [-0.4, -0.2) is 23.2 Å². The third kappa shape index (κ3) is 3.25. The molecule has 1 unspecified atom stereocenters. The summed E-state index contributed by atoms with van der Waals surface area (Å²) in [5, 5.41) is 14.2. The van der Waals surface area contributed by atoms with Gasteiger partial charge in [0.05, 0.1) is 12.8 Å². The van der Waals surface area contributed by atoms with E-state index in [9.17, 15) is 4.79 Å². The number of hydrogen-bond acceptors (Lipinski definition) is 6. The number of nitrogens with one attached hydrogen (secondary N) is 1. The molecular formula is C13H15N3O3S. The SMILES string of the molecule is COc1ccccc1CNc1nc(C(N)C(=O)O)cs1. The topological polar surface area (TPSA) is 97.5 Å². The maximum absolute atomic E-state index is 10.8. The van der Waals surface area contributed by atoms with Crippen molar-refractivity contribution in [1.82, 2.24) is 4.98 Å². The lowest BCUT2D eigenvalue weighted by atomic mass is 10.2. The highest BCUT2D eigenvalue weighted by Crippen LogP contribution is 2.22. The van der Waals surface area contributed by atoms with Crippen LogP contribution in [-0.2, 0) is 11.3 Å². The number of benzene rings is 1. The van der Waals surface area contributed by atoms with Gasteiger partial charge in [-0.1, -0.05) is 18.2 Å². The van der Waals surface area contributed by atoms with Crippen molar-refractivity contribution in [2.75, 3.05) is 12.4 Å². The summed E-state index contributed by atoms with van der Waals surface area (Å²) in [6.07, 6.45) is 0. The molecule has 0 saturated carbocycles. The Kier molecular flexibility index (Phi) is 4.54. The zero-order chi connectivity index (χ0) is 14.5. The monoisotopic (exact) mass is 293 g/mol. The summed E-state index contributed by atoms with van der Waals surface area (Å²) in [5.41, 5.74) is 6.85. The van der Waals surface area contributed by atoms with Gasteiger partial charge < -0.3 is 20.9 Å². The fourth-order valence-electron chi connectivity index (χ4n) is 1.66. The second kappa shape index (κ2) is 6.36. The van der Waals surface area contributed by atoms with Crippen molar-refractivity contribution in [2.24, 2.45) is 5.73 Å². The molecule has 20 heavy (non-hydrogen) atoms. The quantitative estimate of drug-likeness (QED) is 0.752. The van der Waals surface area contributed by atoms with Crippen molar-refractivity contribution in [2.45, 2.75) is 12.6 Å². The highest BCUT2D eigenvalue weighted by molar-refractivity contribution is 7.13. The van der Waals surface area contributed by atoms with Crippen LogP contribution in [0.25, 0.3) is 0 Å². The Morgan fingerprint density at radius 3 is 3.00 bits per heavy atom. The van der Waals surface area contributed by atoms with Gasteiger partial charge in [-0.3, -0.25) is 4.79 Å². The molecule has 106 valence electrons. The number of anilines is 1. The molecule has 1 heterocycles. The van der Waals surface area contributed by atoms with Gasteiger partial charge in [0.2, 0.25) is 0 Å². The first-order valence-corrected chi connectivity index (χ1v) is 6.79. The van der Waals surface area contributed by atoms with Gasteiger partial charge in [-0.05, 0) is 6.07 Å². The molecule has 1 aromatic carbocycles. The maximum Gasteiger partial charge on any atom is 0.326 e. The van der Waals surface area contributed by atoms with Gasteiger partial charge in [0.15, 0.2) is 5.13 Å². The molecular weight excluding hydrogens is 278 g/mol. The van der Waals surface area contributed by atoms with E-state index in [1.165, 1.54) is 11.3 Å². The molecule has 0 amide bonds. The number of nitrogens with two attached hydrogens (primary N) is 1. The number of hydrogen-bond donors (Lipinski definition) is 3. The van der Waals surface area contributed by atoms with Crippen molar-refractivity contribution >= 4 is 22.4 Å². The number of para-hydroxylation sites is 1. The van der Waals surface area contributed by atoms with E-state index in [0.717, 1.165) is 11.3 Å². The predicted molar refractivity (Wildman–Crippen MR) is 77.0 cm³/mol. The van der Waals surface area contributed by atoms with Crippen LogP contribution < -0.4 is 15.8 Å². The van der Waals surface area contributed by atoms with E-state index in [-0.39, 0.29) is 0 Å². The van der Waals surface area contributed by atoms with Crippen LogP contribution in [0.15, 0.2) is 29.6 Å². The van der Waals surface area contributed by atoms with Crippen LogP contribution in [0.1, 0.15) is 17.3 Å². The lowest BCUT2D eigenvalue weighted by molar-refractivity contribution is -0.138. The van der Waals surface area contributed by atoms with Crippen molar-refractivity contribution in [3.05, 3.63) is 40.9 Å². The minimum absolute atomic E-state index is 0.352. The number of carboxylic acids is 1. The first kappa shape index (κ1) is 14.3. The number of aromatic nitrogens is 1. The molecule has 6 nitrogen and oxygen atoms in total. The molecule has 0 aliphatic heterocycles. The fraction of sp³-hybridized carbons (Fsp3) is 0.231. The minimum Gasteiger partial charge on any atom is -0.496 e. The second-order valence-corrected chi connectivity index (χ2v) is 4.92. The molecule has 4 N–H and O–H groups in total. The van der Waals surface area contributed by atoms with E-state index in [1.807, 2.05) is 24.3 Å². The molecule has 0 fully saturated rings. The third-order valence-corrected chi connectivity index (χ3v) is 3.55. The van der Waals surface area contributed by atoms with E-state index in [4.69, 9.17) is 15.6 Å². The van der Waals surface area contributed by atoms with Gasteiger partial charge in [0.1, 0.15) is 11.8 Å². The lowest BCUT2D eigenvalue weighted by Gasteiger charge is -2.08. The van der Waals surface area contributed by atoms with E-state index in [1.54, 1.807) is 12.5 Å². The van der Waals surface area contributed by atoms with Crippen LogP contribution in [0.4, 0.5) is 5.13 Å². The number of ether oxygens (including phenoxy) is 1. The smallest absolute Gasteiger partial charge is 0.326 e. The van der Waals surface area contributed by atoms with Crippen LogP contribution in [0.2, 0.25) is 0 Å². The molecule has 2 rings (SSSR count). The van der Waals surface area contributed by atoms with E-state index >= 15 is 0 Å². The number of carboxylic acid groups (broad SMARTS) is 1. The van der Waals surface area contributed by atoms with E-state index in [0.29, 0.717) is 17.4 Å². The first-order chi connectivity index (χ1) is 9.61. The van der Waals surface area contributed by atoms with Gasteiger partial charge in [0, 0.05) is 17.5 Å². The number of rotatable bonds is 6. The molecule has 0 bridgehead atoms. The second-order valence-electron chi connectivity index (χ2n) is 4.06. The number of thiazole rings is 1. The molecule has 1 aromatic heterocycles. The summed E-state index contributed by atoms with van der Waals surface area (Å²) in [4.78, 5) is 14.9. The molecule has 0 spiro atoms. The van der Waals surface area contributed by atoms with Crippen LogP contribution in [0, 0.1) is 0 Å². The molecule has 2 aromatic rings. The highest BCUT2D eigenvalue weighted by Gasteiger charge is 2.17. The summed E-state index contributed by atoms with van der Waals surface area (Å²) in [6.45, 7) is 0.541. The molecule has 0 aliphatic carbocycles. The summed E-state index contributed by atoms with van der Waals surface area (Å²) in [7, 11) is 1.62. The Hall–Kier alpha value is -2.12. The zero-order valence-corrected chi connectivity index (χ0v) is 11.7. The lowest BCUT2D eigenvalue weighted by Crippen LogP contribution is -2.20. The average Bonchev–Trinajstić information content (AvgIpc) is 2.93. The van der Waals surface area contributed by atoms with Crippen LogP contribution >= 0.6 is 11.3 Å². The summed E-state index contributed by atoms with van der Waals surface area (Å²) < 4.78 is 5.25. The molecule has 0 saturated heterocycles. The number of methoxy groups -OCH3 is 1. The number of aliphatic carboxylic acids is 1. The van der Waals surface area contributed by atoms with Gasteiger partial charge in [-0.25, -0.2) is 4.98 Å². The predicted octanol–water partition coefficient (Wildman–Crippen LogP) is 1.85. The van der Waals surface area contributed by atoms with Crippen LogP contribution in [0.5, 0.6) is 5.75 Å². The maximum atomic E-state index is 10.8.